The number of halogens is 1. The number of hydrogen-bond donors (Lipinski definition) is 1. The fourth-order valence-corrected chi connectivity index (χ4v) is 3.14. The van der Waals surface area contributed by atoms with Crippen LogP contribution in [-0.2, 0) is 4.79 Å². The van der Waals surface area contributed by atoms with Gasteiger partial charge in [-0.05, 0) is 48.9 Å². The highest BCUT2D eigenvalue weighted by Crippen LogP contribution is 2.14. The monoisotopic (exact) mass is 371 g/mol. The lowest BCUT2D eigenvalue weighted by Crippen LogP contribution is -2.50. The van der Waals surface area contributed by atoms with Crippen molar-refractivity contribution in [2.45, 2.75) is 6.92 Å². The largest absolute Gasteiger partial charge is 0.336 e. The minimum Gasteiger partial charge on any atom is -0.336 e. The molecule has 0 radical (unpaired) electrons. The summed E-state index contributed by atoms with van der Waals surface area (Å²) in [7, 11) is 0. The van der Waals surface area contributed by atoms with Crippen LogP contribution in [0.25, 0.3) is 0 Å². The molecule has 0 spiro atoms. The first-order valence-electron chi connectivity index (χ1n) is 8.65. The number of piperazine rings is 1. The number of carbonyl (C=O) groups excluding carboxylic acids is 2. The van der Waals surface area contributed by atoms with Crippen LogP contribution in [-0.4, -0.2) is 54.3 Å². The molecule has 0 aromatic heterocycles. The highest BCUT2D eigenvalue weighted by molar-refractivity contribution is 6.30. The minimum atomic E-state index is -0.0342. The highest BCUT2D eigenvalue weighted by atomic mass is 35.5. The van der Waals surface area contributed by atoms with Crippen LogP contribution < -0.4 is 5.32 Å². The summed E-state index contributed by atoms with van der Waals surface area (Å²) in [5.41, 5.74) is 2.56. The van der Waals surface area contributed by atoms with Gasteiger partial charge in [-0.2, -0.15) is 0 Å². The standard InChI is InChI=1S/C20H22ClN3O2/c1-15-3-2-4-18(13-15)22-19(25)14-23-9-11-24(12-10-23)20(26)16-5-7-17(21)8-6-16/h2-8,13H,9-12,14H2,1H3,(H,22,25). The number of anilines is 1. The van der Waals surface area contributed by atoms with Crippen LogP contribution in [0.4, 0.5) is 5.69 Å². The lowest BCUT2D eigenvalue weighted by atomic mass is 10.2. The fourth-order valence-electron chi connectivity index (χ4n) is 3.01. The lowest BCUT2D eigenvalue weighted by Gasteiger charge is -2.34. The second-order valence-corrected chi connectivity index (χ2v) is 6.93. The normalized spacial score (nSPS) is 14.9. The summed E-state index contributed by atoms with van der Waals surface area (Å²) in [6.45, 7) is 4.91. The summed E-state index contributed by atoms with van der Waals surface area (Å²) in [4.78, 5) is 28.6. The van der Waals surface area contributed by atoms with Gasteiger partial charge in [0.2, 0.25) is 5.91 Å². The molecule has 0 aliphatic carbocycles. The Balaban J connectivity index is 1.48. The highest BCUT2D eigenvalue weighted by Gasteiger charge is 2.23. The molecule has 0 saturated carbocycles. The number of hydrogen-bond acceptors (Lipinski definition) is 3. The third-order valence-electron chi connectivity index (χ3n) is 4.42. The maximum atomic E-state index is 12.5. The van der Waals surface area contributed by atoms with Crippen LogP contribution in [0.3, 0.4) is 0 Å². The Morgan fingerprint density at radius 1 is 1.04 bits per heavy atom. The molecule has 1 N–H and O–H groups in total. The molecule has 1 aliphatic heterocycles. The van der Waals surface area contributed by atoms with E-state index in [2.05, 4.69) is 10.2 Å². The van der Waals surface area contributed by atoms with E-state index in [9.17, 15) is 9.59 Å². The maximum Gasteiger partial charge on any atom is 0.253 e. The quantitative estimate of drug-likeness (QED) is 0.898. The van der Waals surface area contributed by atoms with Crippen LogP contribution in [0.2, 0.25) is 5.02 Å². The molecule has 3 rings (SSSR count). The number of nitrogens with zero attached hydrogens (tertiary/aromatic N) is 2. The summed E-state index contributed by atoms with van der Waals surface area (Å²) in [6.07, 6.45) is 0. The average molecular weight is 372 g/mol. The van der Waals surface area contributed by atoms with Crippen LogP contribution in [0.15, 0.2) is 48.5 Å². The van der Waals surface area contributed by atoms with Crippen LogP contribution >= 0.6 is 11.6 Å². The molecule has 2 amide bonds. The molecule has 2 aromatic rings. The number of rotatable bonds is 4. The first-order valence-corrected chi connectivity index (χ1v) is 9.03. The third kappa shape index (κ3) is 4.84. The van der Waals surface area contributed by atoms with Crippen molar-refractivity contribution < 1.29 is 9.59 Å². The van der Waals surface area contributed by atoms with Gasteiger partial charge < -0.3 is 10.2 Å². The van der Waals surface area contributed by atoms with Crippen molar-refractivity contribution in [1.29, 1.82) is 0 Å². The number of benzene rings is 2. The predicted octanol–water partition coefficient (Wildman–Crippen LogP) is 3.04. The molecule has 1 heterocycles. The molecule has 136 valence electrons. The minimum absolute atomic E-state index is 0.00512. The molecule has 2 aromatic carbocycles. The van der Waals surface area contributed by atoms with Gasteiger partial charge in [0, 0.05) is 42.5 Å². The van der Waals surface area contributed by atoms with Gasteiger partial charge in [-0.3, -0.25) is 14.5 Å². The molecule has 0 bridgehead atoms. The van der Waals surface area contributed by atoms with E-state index in [1.807, 2.05) is 36.1 Å². The lowest BCUT2D eigenvalue weighted by molar-refractivity contribution is -0.117. The molecule has 5 nitrogen and oxygen atoms in total. The van der Waals surface area contributed by atoms with E-state index in [4.69, 9.17) is 11.6 Å². The molecular weight excluding hydrogens is 350 g/mol. The van der Waals surface area contributed by atoms with Crippen LogP contribution in [0, 0.1) is 6.92 Å². The number of amides is 2. The zero-order valence-electron chi connectivity index (χ0n) is 14.7. The van der Waals surface area contributed by atoms with E-state index >= 15 is 0 Å². The summed E-state index contributed by atoms with van der Waals surface area (Å²) in [5.74, 6) is -0.0291. The van der Waals surface area contributed by atoms with E-state index in [-0.39, 0.29) is 11.8 Å². The van der Waals surface area contributed by atoms with Gasteiger partial charge >= 0.3 is 0 Å². The zero-order chi connectivity index (χ0) is 18.5. The average Bonchev–Trinajstić information content (AvgIpc) is 2.62. The zero-order valence-corrected chi connectivity index (χ0v) is 15.5. The van der Waals surface area contributed by atoms with Gasteiger partial charge in [-0.25, -0.2) is 0 Å². The number of carbonyl (C=O) groups is 2. The molecule has 1 aliphatic rings. The van der Waals surface area contributed by atoms with Gasteiger partial charge in [-0.1, -0.05) is 23.7 Å². The van der Waals surface area contributed by atoms with Gasteiger partial charge in [0.25, 0.3) is 5.91 Å². The van der Waals surface area contributed by atoms with Crippen molar-refractivity contribution in [3.05, 3.63) is 64.7 Å². The van der Waals surface area contributed by atoms with Crippen molar-refractivity contribution in [2.24, 2.45) is 0 Å². The Morgan fingerprint density at radius 2 is 1.73 bits per heavy atom. The Kier molecular flexibility index (Phi) is 5.91. The molecule has 26 heavy (non-hydrogen) atoms. The predicted molar refractivity (Wildman–Crippen MR) is 104 cm³/mol. The second-order valence-electron chi connectivity index (χ2n) is 6.49. The van der Waals surface area contributed by atoms with Gasteiger partial charge in [0.05, 0.1) is 6.54 Å². The SMILES string of the molecule is Cc1cccc(NC(=O)CN2CCN(C(=O)c3ccc(Cl)cc3)CC2)c1. The maximum absolute atomic E-state index is 12.5. The van der Waals surface area contributed by atoms with Crippen molar-refractivity contribution >= 4 is 29.1 Å². The van der Waals surface area contributed by atoms with E-state index in [1.54, 1.807) is 24.3 Å². The van der Waals surface area contributed by atoms with Crippen molar-refractivity contribution in [1.82, 2.24) is 9.80 Å². The van der Waals surface area contributed by atoms with Crippen molar-refractivity contribution in [2.75, 3.05) is 38.0 Å². The third-order valence-corrected chi connectivity index (χ3v) is 4.67. The topological polar surface area (TPSA) is 52.7 Å². The first kappa shape index (κ1) is 18.4. The second kappa shape index (κ2) is 8.34. The molecule has 0 unspecified atom stereocenters. The Bertz CT molecular complexity index is 784. The van der Waals surface area contributed by atoms with Gasteiger partial charge in [-0.15, -0.1) is 0 Å². The van der Waals surface area contributed by atoms with Gasteiger partial charge in [0.1, 0.15) is 0 Å². The van der Waals surface area contributed by atoms with E-state index in [0.717, 1.165) is 11.3 Å². The Hall–Kier alpha value is -2.37. The first-order chi connectivity index (χ1) is 12.5. The van der Waals surface area contributed by atoms with Crippen molar-refractivity contribution in [3.63, 3.8) is 0 Å². The Labute approximate surface area is 158 Å². The smallest absolute Gasteiger partial charge is 0.253 e. The van der Waals surface area contributed by atoms with Crippen LogP contribution in [0.5, 0.6) is 0 Å². The molecule has 6 heteroatoms. The van der Waals surface area contributed by atoms with E-state index < -0.39 is 0 Å². The van der Waals surface area contributed by atoms with E-state index in [0.29, 0.717) is 43.3 Å². The number of nitrogens with one attached hydrogen (secondary N) is 1. The summed E-state index contributed by atoms with van der Waals surface area (Å²) < 4.78 is 0. The summed E-state index contributed by atoms with van der Waals surface area (Å²) in [6, 6.07) is 14.7. The fraction of sp³-hybridized carbons (Fsp3) is 0.300. The molecular formula is C20H22ClN3O2. The molecule has 1 saturated heterocycles. The summed E-state index contributed by atoms with van der Waals surface area (Å²) in [5, 5.41) is 3.54. The molecule has 1 fully saturated rings. The number of aryl methyl sites for hydroxylation is 1. The molecule has 0 atom stereocenters. The van der Waals surface area contributed by atoms with Crippen molar-refractivity contribution in [3.8, 4) is 0 Å². The van der Waals surface area contributed by atoms with Crippen LogP contribution in [0.1, 0.15) is 15.9 Å². The van der Waals surface area contributed by atoms with E-state index in [1.165, 1.54) is 0 Å². The van der Waals surface area contributed by atoms with Gasteiger partial charge in [0.15, 0.2) is 0 Å². The summed E-state index contributed by atoms with van der Waals surface area (Å²) >= 11 is 5.87. The Morgan fingerprint density at radius 3 is 2.38 bits per heavy atom.